The Hall–Kier alpha value is -0.570. The second kappa shape index (κ2) is 4.02. The van der Waals surface area contributed by atoms with Crippen molar-refractivity contribution in [2.75, 3.05) is 6.54 Å². The number of nitrogens with one attached hydrogen (secondary N) is 1. The molecule has 3 unspecified atom stereocenters. The molecule has 0 bridgehead atoms. The van der Waals surface area contributed by atoms with Crippen LogP contribution in [0, 0.1) is 23.7 Å². The van der Waals surface area contributed by atoms with Gasteiger partial charge in [0.15, 0.2) is 0 Å². The molecular formula is C13H21NO2. The fraction of sp³-hybridized carbons (Fsp3) is 0.923. The second-order valence-electron chi connectivity index (χ2n) is 5.79. The molecule has 1 amide bonds. The lowest BCUT2D eigenvalue weighted by Crippen LogP contribution is -2.34. The van der Waals surface area contributed by atoms with Gasteiger partial charge in [0, 0.05) is 12.5 Å². The maximum Gasteiger partial charge on any atom is 0.223 e. The van der Waals surface area contributed by atoms with Crippen LogP contribution in [0.2, 0.25) is 0 Å². The maximum atomic E-state index is 11.9. The quantitative estimate of drug-likeness (QED) is 0.755. The van der Waals surface area contributed by atoms with Crippen LogP contribution in [0.15, 0.2) is 0 Å². The molecule has 0 radical (unpaired) electrons. The Kier molecular flexibility index (Phi) is 2.66. The third-order valence-electron chi connectivity index (χ3n) is 4.61. The van der Waals surface area contributed by atoms with E-state index in [0.29, 0.717) is 24.3 Å². The van der Waals surface area contributed by atoms with E-state index in [1.807, 2.05) is 0 Å². The van der Waals surface area contributed by atoms with E-state index in [2.05, 4.69) is 5.32 Å². The van der Waals surface area contributed by atoms with E-state index in [0.717, 1.165) is 12.8 Å². The van der Waals surface area contributed by atoms with Gasteiger partial charge in [0.1, 0.15) is 0 Å². The summed E-state index contributed by atoms with van der Waals surface area (Å²) in [5.74, 6) is 2.30. The molecule has 0 aromatic carbocycles. The summed E-state index contributed by atoms with van der Waals surface area (Å²) >= 11 is 0. The van der Waals surface area contributed by atoms with Gasteiger partial charge in [-0.05, 0) is 43.4 Å². The molecular weight excluding hydrogens is 202 g/mol. The van der Waals surface area contributed by atoms with Gasteiger partial charge in [-0.3, -0.25) is 4.79 Å². The van der Waals surface area contributed by atoms with Crippen LogP contribution in [0.4, 0.5) is 0 Å². The minimum atomic E-state index is -0.301. The topological polar surface area (TPSA) is 49.3 Å². The Morgan fingerprint density at radius 2 is 1.81 bits per heavy atom. The first-order valence-electron chi connectivity index (χ1n) is 6.73. The van der Waals surface area contributed by atoms with Crippen LogP contribution >= 0.6 is 0 Å². The van der Waals surface area contributed by atoms with Gasteiger partial charge in [0.05, 0.1) is 6.10 Å². The summed E-state index contributed by atoms with van der Waals surface area (Å²) in [5.41, 5.74) is 0. The molecule has 2 N–H and O–H groups in total. The van der Waals surface area contributed by atoms with E-state index >= 15 is 0 Å². The zero-order valence-electron chi connectivity index (χ0n) is 9.69. The average molecular weight is 223 g/mol. The van der Waals surface area contributed by atoms with E-state index in [9.17, 15) is 9.90 Å². The fourth-order valence-electron chi connectivity index (χ4n) is 3.35. The van der Waals surface area contributed by atoms with Gasteiger partial charge < -0.3 is 10.4 Å². The monoisotopic (exact) mass is 223 g/mol. The molecule has 3 aliphatic carbocycles. The minimum absolute atomic E-state index is 0.205. The van der Waals surface area contributed by atoms with Crippen molar-refractivity contribution in [2.24, 2.45) is 23.7 Å². The van der Waals surface area contributed by atoms with Crippen molar-refractivity contribution in [2.45, 2.75) is 44.6 Å². The van der Waals surface area contributed by atoms with E-state index in [4.69, 9.17) is 0 Å². The zero-order chi connectivity index (χ0) is 11.1. The summed E-state index contributed by atoms with van der Waals surface area (Å²) in [7, 11) is 0. The number of fused-ring (bicyclic) bond motifs is 1. The van der Waals surface area contributed by atoms with Crippen LogP contribution in [0.1, 0.15) is 38.5 Å². The predicted octanol–water partition coefficient (Wildman–Crippen LogP) is 1.31. The highest BCUT2D eigenvalue weighted by molar-refractivity contribution is 5.82. The molecule has 3 rings (SSSR count). The third-order valence-corrected chi connectivity index (χ3v) is 4.61. The van der Waals surface area contributed by atoms with Gasteiger partial charge in [0.2, 0.25) is 5.91 Å². The Morgan fingerprint density at radius 3 is 2.38 bits per heavy atom. The molecule has 90 valence electrons. The number of aliphatic hydroxyl groups excluding tert-OH is 1. The van der Waals surface area contributed by atoms with Crippen molar-refractivity contribution in [3.05, 3.63) is 0 Å². The molecule has 0 aromatic heterocycles. The summed E-state index contributed by atoms with van der Waals surface area (Å²) in [4.78, 5) is 11.9. The molecule has 0 aliphatic heterocycles. The van der Waals surface area contributed by atoms with Crippen LogP contribution in [0.3, 0.4) is 0 Å². The van der Waals surface area contributed by atoms with Gasteiger partial charge >= 0.3 is 0 Å². The molecule has 3 nitrogen and oxygen atoms in total. The van der Waals surface area contributed by atoms with E-state index in [-0.39, 0.29) is 17.9 Å². The van der Waals surface area contributed by atoms with Gasteiger partial charge in [-0.25, -0.2) is 0 Å². The lowest BCUT2D eigenvalue weighted by atomic mass is 10.0. The average Bonchev–Trinajstić information content (AvgIpc) is 3.16. The van der Waals surface area contributed by atoms with Crippen molar-refractivity contribution in [3.8, 4) is 0 Å². The first-order chi connectivity index (χ1) is 7.77. The van der Waals surface area contributed by atoms with E-state index in [1.54, 1.807) is 0 Å². The molecule has 0 saturated heterocycles. The van der Waals surface area contributed by atoms with Crippen molar-refractivity contribution < 1.29 is 9.90 Å². The number of hydrogen-bond acceptors (Lipinski definition) is 2. The number of rotatable bonds is 4. The number of amides is 1. The maximum absolute atomic E-state index is 11.9. The van der Waals surface area contributed by atoms with E-state index < -0.39 is 0 Å². The largest absolute Gasteiger partial charge is 0.391 e. The van der Waals surface area contributed by atoms with Gasteiger partial charge in [-0.2, -0.15) is 0 Å². The summed E-state index contributed by atoms with van der Waals surface area (Å²) in [6.45, 7) is 0.472. The third kappa shape index (κ3) is 1.97. The number of aliphatic hydroxyl groups is 1. The Labute approximate surface area is 96.6 Å². The molecule has 3 heteroatoms. The number of carbonyl (C=O) groups is 1. The van der Waals surface area contributed by atoms with Gasteiger partial charge in [0.25, 0.3) is 0 Å². The predicted molar refractivity (Wildman–Crippen MR) is 60.7 cm³/mol. The zero-order valence-corrected chi connectivity index (χ0v) is 9.69. The van der Waals surface area contributed by atoms with Crippen molar-refractivity contribution in [1.29, 1.82) is 0 Å². The minimum Gasteiger partial charge on any atom is -0.391 e. The summed E-state index contributed by atoms with van der Waals surface area (Å²) in [5, 5.41) is 12.6. The molecule has 0 spiro atoms. The first kappa shape index (κ1) is 10.6. The Morgan fingerprint density at radius 1 is 1.19 bits per heavy atom. The van der Waals surface area contributed by atoms with Crippen LogP contribution in [0.25, 0.3) is 0 Å². The van der Waals surface area contributed by atoms with Crippen molar-refractivity contribution in [1.82, 2.24) is 5.32 Å². The fourth-order valence-corrected chi connectivity index (χ4v) is 3.35. The summed E-state index contributed by atoms with van der Waals surface area (Å²) in [6.07, 6.45) is 7.05. The highest BCUT2D eigenvalue weighted by atomic mass is 16.3. The van der Waals surface area contributed by atoms with E-state index in [1.165, 1.54) is 25.7 Å². The summed E-state index contributed by atoms with van der Waals surface area (Å²) < 4.78 is 0. The van der Waals surface area contributed by atoms with Gasteiger partial charge in [-0.15, -0.1) is 0 Å². The lowest BCUT2D eigenvalue weighted by molar-refractivity contribution is -0.123. The molecule has 3 atom stereocenters. The SMILES string of the molecule is O=C(NCC(O)C1CC1)C1C2CCCCC21. The molecule has 3 aliphatic rings. The number of carbonyl (C=O) groups excluding carboxylic acids is 1. The molecule has 3 fully saturated rings. The van der Waals surface area contributed by atoms with Crippen molar-refractivity contribution >= 4 is 5.91 Å². The van der Waals surface area contributed by atoms with Crippen molar-refractivity contribution in [3.63, 3.8) is 0 Å². The molecule has 0 heterocycles. The Balaban J connectivity index is 1.43. The van der Waals surface area contributed by atoms with Crippen LogP contribution in [-0.4, -0.2) is 23.7 Å². The lowest BCUT2D eigenvalue weighted by Gasteiger charge is -2.10. The normalized spacial score (nSPS) is 38.7. The second-order valence-corrected chi connectivity index (χ2v) is 5.79. The molecule has 3 saturated carbocycles. The first-order valence-corrected chi connectivity index (χ1v) is 6.73. The van der Waals surface area contributed by atoms with Gasteiger partial charge in [-0.1, -0.05) is 12.8 Å². The van der Waals surface area contributed by atoms with Crippen LogP contribution in [-0.2, 0) is 4.79 Å². The summed E-state index contributed by atoms with van der Waals surface area (Å²) in [6, 6.07) is 0. The smallest absolute Gasteiger partial charge is 0.223 e. The highest BCUT2D eigenvalue weighted by Gasteiger charge is 2.54. The number of hydrogen-bond donors (Lipinski definition) is 2. The molecule has 16 heavy (non-hydrogen) atoms. The highest BCUT2D eigenvalue weighted by Crippen LogP contribution is 2.55. The molecule has 0 aromatic rings. The van der Waals surface area contributed by atoms with Crippen LogP contribution < -0.4 is 5.32 Å². The van der Waals surface area contributed by atoms with Crippen LogP contribution in [0.5, 0.6) is 0 Å². The Bertz CT molecular complexity index is 276. The standard InChI is InChI=1S/C13H21NO2/c15-11(8-5-6-8)7-14-13(16)12-9-3-1-2-4-10(9)12/h8-12,15H,1-7H2,(H,14,16).